The van der Waals surface area contributed by atoms with Crippen molar-refractivity contribution >= 4 is 22.0 Å². The van der Waals surface area contributed by atoms with Gasteiger partial charge >= 0.3 is 6.09 Å². The van der Waals surface area contributed by atoms with Gasteiger partial charge in [-0.05, 0) is 42.8 Å². The first-order valence-electron chi connectivity index (χ1n) is 6.17. The third kappa shape index (κ3) is 6.83. The molecule has 1 aromatic heterocycles. The van der Waals surface area contributed by atoms with Gasteiger partial charge in [0.25, 0.3) is 0 Å². The highest BCUT2D eigenvalue weighted by Gasteiger charge is 2.16. The van der Waals surface area contributed by atoms with Gasteiger partial charge in [-0.3, -0.25) is 9.82 Å². The SMILES string of the molecule is CC(C)(C)OC(=O)NOCCC(O)c1cncc(Br)c1. The number of nitrogens with zero attached hydrogens (tertiary/aromatic N) is 1. The van der Waals surface area contributed by atoms with E-state index in [-0.39, 0.29) is 6.61 Å². The van der Waals surface area contributed by atoms with E-state index in [0.29, 0.717) is 12.0 Å². The molecule has 1 rings (SSSR count). The zero-order chi connectivity index (χ0) is 15.2. The van der Waals surface area contributed by atoms with Crippen LogP contribution in [0.2, 0.25) is 0 Å². The number of aromatic nitrogens is 1. The Kier molecular flexibility index (Phi) is 6.38. The van der Waals surface area contributed by atoms with Gasteiger partial charge in [0.15, 0.2) is 0 Å². The smallest absolute Gasteiger partial charge is 0.431 e. The van der Waals surface area contributed by atoms with Gasteiger partial charge in [0.1, 0.15) is 5.60 Å². The lowest BCUT2D eigenvalue weighted by atomic mass is 10.1. The second-order valence-electron chi connectivity index (χ2n) is 5.19. The highest BCUT2D eigenvalue weighted by Crippen LogP contribution is 2.19. The first kappa shape index (κ1) is 16.9. The normalized spacial score (nSPS) is 12.8. The predicted octanol–water partition coefficient (Wildman–Crippen LogP) is 2.72. The van der Waals surface area contributed by atoms with Gasteiger partial charge in [-0.25, -0.2) is 4.79 Å². The fourth-order valence-electron chi connectivity index (χ4n) is 1.36. The van der Waals surface area contributed by atoms with Crippen molar-refractivity contribution in [1.82, 2.24) is 10.5 Å². The molecule has 0 aliphatic heterocycles. The molecule has 1 heterocycles. The minimum atomic E-state index is -0.708. The maximum atomic E-state index is 11.3. The van der Waals surface area contributed by atoms with E-state index in [1.54, 1.807) is 39.2 Å². The predicted molar refractivity (Wildman–Crippen MR) is 76.8 cm³/mol. The Labute approximate surface area is 126 Å². The zero-order valence-electron chi connectivity index (χ0n) is 11.7. The first-order valence-corrected chi connectivity index (χ1v) is 6.96. The van der Waals surface area contributed by atoms with Gasteiger partial charge in [0, 0.05) is 28.9 Å². The fraction of sp³-hybridized carbons (Fsp3) is 0.538. The van der Waals surface area contributed by atoms with Crippen molar-refractivity contribution in [1.29, 1.82) is 0 Å². The van der Waals surface area contributed by atoms with Gasteiger partial charge in [-0.15, -0.1) is 0 Å². The lowest BCUT2D eigenvalue weighted by molar-refractivity contribution is -0.0162. The molecule has 0 fully saturated rings. The fourth-order valence-corrected chi connectivity index (χ4v) is 1.74. The standard InChI is InChI=1S/C13H19BrN2O4/c1-13(2,3)20-12(18)16-19-5-4-11(17)9-6-10(14)8-15-7-9/h6-8,11,17H,4-5H2,1-3H3,(H,16,18). The van der Waals surface area contributed by atoms with E-state index in [2.05, 4.69) is 26.4 Å². The quantitative estimate of drug-likeness (QED) is 0.632. The molecule has 2 N–H and O–H groups in total. The Morgan fingerprint density at radius 2 is 2.20 bits per heavy atom. The molecule has 0 aliphatic rings. The van der Waals surface area contributed by atoms with Crippen LogP contribution in [-0.4, -0.2) is 28.4 Å². The summed E-state index contributed by atoms with van der Waals surface area (Å²) in [5.74, 6) is 0. The summed E-state index contributed by atoms with van der Waals surface area (Å²) in [6, 6.07) is 1.78. The van der Waals surface area contributed by atoms with E-state index in [9.17, 15) is 9.90 Å². The van der Waals surface area contributed by atoms with Crippen molar-refractivity contribution in [3.8, 4) is 0 Å². The Morgan fingerprint density at radius 3 is 2.80 bits per heavy atom. The first-order chi connectivity index (χ1) is 9.28. The van der Waals surface area contributed by atoms with Crippen LogP contribution in [-0.2, 0) is 9.57 Å². The van der Waals surface area contributed by atoms with Crippen molar-refractivity contribution in [2.75, 3.05) is 6.61 Å². The number of ether oxygens (including phenoxy) is 1. The van der Waals surface area contributed by atoms with Crippen LogP contribution in [0.5, 0.6) is 0 Å². The third-order valence-corrected chi connectivity index (χ3v) is 2.59. The summed E-state index contributed by atoms with van der Waals surface area (Å²) in [4.78, 5) is 20.2. The van der Waals surface area contributed by atoms with E-state index < -0.39 is 17.8 Å². The summed E-state index contributed by atoms with van der Waals surface area (Å²) < 4.78 is 5.78. The van der Waals surface area contributed by atoms with Crippen LogP contribution in [0.1, 0.15) is 38.9 Å². The van der Waals surface area contributed by atoms with Crippen LogP contribution in [0, 0.1) is 0 Å². The number of hydrogen-bond donors (Lipinski definition) is 2. The molecule has 0 spiro atoms. The van der Waals surface area contributed by atoms with Gasteiger partial charge in [0.05, 0.1) is 12.7 Å². The van der Waals surface area contributed by atoms with E-state index in [0.717, 1.165) is 4.47 Å². The summed E-state index contributed by atoms with van der Waals surface area (Å²) in [5.41, 5.74) is 2.27. The third-order valence-electron chi connectivity index (χ3n) is 2.16. The summed E-state index contributed by atoms with van der Waals surface area (Å²) in [7, 11) is 0. The minimum Gasteiger partial charge on any atom is -0.442 e. The second kappa shape index (κ2) is 7.56. The van der Waals surface area contributed by atoms with E-state index in [4.69, 9.17) is 9.57 Å². The molecule has 0 saturated carbocycles. The summed E-state index contributed by atoms with van der Waals surface area (Å²) in [6.07, 6.45) is 2.18. The average molecular weight is 347 g/mol. The van der Waals surface area contributed by atoms with Gasteiger partial charge < -0.3 is 9.84 Å². The Hall–Kier alpha value is -1.18. The molecule has 1 unspecified atom stereocenters. The number of carbonyl (C=O) groups excluding carboxylic acids is 1. The van der Waals surface area contributed by atoms with Crippen LogP contribution in [0.15, 0.2) is 22.9 Å². The molecule has 6 nitrogen and oxygen atoms in total. The highest BCUT2D eigenvalue weighted by molar-refractivity contribution is 9.10. The molecule has 1 atom stereocenters. The number of carbonyl (C=O) groups is 1. The number of halogens is 1. The van der Waals surface area contributed by atoms with E-state index in [1.807, 2.05) is 0 Å². The molecule has 0 aromatic carbocycles. The van der Waals surface area contributed by atoms with Crippen LogP contribution in [0.3, 0.4) is 0 Å². The van der Waals surface area contributed by atoms with Crippen LogP contribution < -0.4 is 5.48 Å². The summed E-state index contributed by atoms with van der Waals surface area (Å²) in [6.45, 7) is 5.44. The van der Waals surface area contributed by atoms with E-state index >= 15 is 0 Å². The van der Waals surface area contributed by atoms with Gasteiger partial charge in [-0.1, -0.05) is 0 Å². The largest absolute Gasteiger partial charge is 0.442 e. The molecule has 112 valence electrons. The lowest BCUT2D eigenvalue weighted by Crippen LogP contribution is -2.32. The second-order valence-corrected chi connectivity index (χ2v) is 6.11. The number of nitrogens with one attached hydrogen (secondary N) is 1. The maximum absolute atomic E-state index is 11.3. The molecule has 0 saturated heterocycles. The number of hydroxylamine groups is 1. The van der Waals surface area contributed by atoms with Crippen molar-refractivity contribution in [3.05, 3.63) is 28.5 Å². The Bertz CT molecular complexity index is 448. The number of rotatable bonds is 5. The number of amides is 1. The molecule has 1 aromatic rings. The average Bonchev–Trinajstić information content (AvgIpc) is 2.32. The molecule has 0 bridgehead atoms. The Morgan fingerprint density at radius 1 is 1.50 bits per heavy atom. The van der Waals surface area contributed by atoms with E-state index in [1.165, 1.54) is 0 Å². The maximum Gasteiger partial charge on any atom is 0.431 e. The van der Waals surface area contributed by atoms with Crippen molar-refractivity contribution in [2.24, 2.45) is 0 Å². The summed E-state index contributed by atoms with van der Waals surface area (Å²) >= 11 is 3.28. The monoisotopic (exact) mass is 346 g/mol. The van der Waals surface area contributed by atoms with Crippen LogP contribution in [0.25, 0.3) is 0 Å². The van der Waals surface area contributed by atoms with Gasteiger partial charge in [-0.2, -0.15) is 5.48 Å². The molecule has 20 heavy (non-hydrogen) atoms. The van der Waals surface area contributed by atoms with Gasteiger partial charge in [0.2, 0.25) is 0 Å². The molecule has 0 radical (unpaired) electrons. The molecule has 7 heteroatoms. The number of hydrogen-bond acceptors (Lipinski definition) is 5. The molecular weight excluding hydrogens is 328 g/mol. The summed E-state index contributed by atoms with van der Waals surface area (Å²) in [5, 5.41) is 9.91. The molecular formula is C13H19BrN2O4. The van der Waals surface area contributed by atoms with Crippen molar-refractivity contribution in [3.63, 3.8) is 0 Å². The molecule has 0 aliphatic carbocycles. The minimum absolute atomic E-state index is 0.160. The topological polar surface area (TPSA) is 80.7 Å². The van der Waals surface area contributed by atoms with Crippen LogP contribution in [0.4, 0.5) is 4.79 Å². The zero-order valence-corrected chi connectivity index (χ0v) is 13.3. The van der Waals surface area contributed by atoms with Crippen molar-refractivity contribution in [2.45, 2.75) is 38.9 Å². The molecule has 1 amide bonds. The highest BCUT2D eigenvalue weighted by atomic mass is 79.9. The Balaban J connectivity index is 2.26. The number of pyridine rings is 1. The lowest BCUT2D eigenvalue weighted by Gasteiger charge is -2.19. The number of aliphatic hydroxyl groups excluding tert-OH is 1. The van der Waals surface area contributed by atoms with Crippen molar-refractivity contribution < 1.29 is 19.5 Å². The van der Waals surface area contributed by atoms with Crippen LogP contribution >= 0.6 is 15.9 Å². The number of aliphatic hydroxyl groups is 1.